The van der Waals surface area contributed by atoms with E-state index in [1.54, 1.807) is 11.3 Å². The number of hydrogen-bond donors (Lipinski definition) is 1. The van der Waals surface area contributed by atoms with Gasteiger partial charge < -0.3 is 5.73 Å². The maximum Gasteiger partial charge on any atom is 0.0646 e. The SMILES string of the molecule is CCCCc1ccc(C(N)c2ccc(C)s2)cc1. The summed E-state index contributed by atoms with van der Waals surface area (Å²) in [6.07, 6.45) is 3.68. The van der Waals surface area contributed by atoms with Crippen LogP contribution in [0.3, 0.4) is 0 Å². The number of benzene rings is 1. The molecular formula is C16H21NS. The average molecular weight is 259 g/mol. The molecule has 2 N–H and O–H groups in total. The first-order valence-corrected chi connectivity index (χ1v) is 7.43. The molecule has 0 aliphatic carbocycles. The van der Waals surface area contributed by atoms with Gasteiger partial charge in [-0.1, -0.05) is 37.6 Å². The predicted molar refractivity (Wildman–Crippen MR) is 80.1 cm³/mol. The molecular weight excluding hydrogens is 238 g/mol. The lowest BCUT2D eigenvalue weighted by Gasteiger charge is -2.10. The summed E-state index contributed by atoms with van der Waals surface area (Å²) in [5.74, 6) is 0. The maximum atomic E-state index is 6.29. The first-order valence-electron chi connectivity index (χ1n) is 6.61. The van der Waals surface area contributed by atoms with Crippen molar-refractivity contribution < 1.29 is 0 Å². The summed E-state index contributed by atoms with van der Waals surface area (Å²) < 4.78 is 0. The van der Waals surface area contributed by atoms with Crippen molar-refractivity contribution in [2.75, 3.05) is 0 Å². The van der Waals surface area contributed by atoms with Crippen LogP contribution in [0.1, 0.15) is 46.7 Å². The van der Waals surface area contributed by atoms with Gasteiger partial charge in [0.2, 0.25) is 0 Å². The molecule has 0 aliphatic rings. The Morgan fingerprint density at radius 3 is 2.39 bits per heavy atom. The van der Waals surface area contributed by atoms with Gasteiger partial charge in [-0.15, -0.1) is 11.3 Å². The molecule has 0 bridgehead atoms. The van der Waals surface area contributed by atoms with E-state index >= 15 is 0 Å². The highest BCUT2D eigenvalue weighted by molar-refractivity contribution is 7.12. The number of nitrogens with two attached hydrogens (primary N) is 1. The second-order valence-electron chi connectivity index (χ2n) is 4.77. The standard InChI is InChI=1S/C16H21NS/c1-3-4-5-13-7-9-14(10-8-13)16(17)15-11-6-12(2)18-15/h6-11,16H,3-5,17H2,1-2H3. The van der Waals surface area contributed by atoms with Crippen LogP contribution in [-0.4, -0.2) is 0 Å². The summed E-state index contributed by atoms with van der Waals surface area (Å²) in [5, 5.41) is 0. The largest absolute Gasteiger partial charge is 0.320 e. The lowest BCUT2D eigenvalue weighted by molar-refractivity contribution is 0.793. The van der Waals surface area contributed by atoms with E-state index < -0.39 is 0 Å². The molecule has 0 spiro atoms. The molecule has 1 unspecified atom stereocenters. The van der Waals surface area contributed by atoms with Crippen LogP contribution in [0, 0.1) is 6.92 Å². The van der Waals surface area contributed by atoms with Crippen molar-refractivity contribution in [1.29, 1.82) is 0 Å². The highest BCUT2D eigenvalue weighted by Crippen LogP contribution is 2.26. The number of unbranched alkanes of at least 4 members (excludes halogenated alkanes) is 1. The quantitative estimate of drug-likeness (QED) is 0.843. The average Bonchev–Trinajstić information content (AvgIpc) is 2.83. The highest BCUT2D eigenvalue weighted by atomic mass is 32.1. The normalized spacial score (nSPS) is 12.6. The van der Waals surface area contributed by atoms with Crippen LogP contribution in [0.2, 0.25) is 0 Å². The Bertz CT molecular complexity index is 484. The van der Waals surface area contributed by atoms with Crippen molar-refractivity contribution in [1.82, 2.24) is 0 Å². The summed E-state index contributed by atoms with van der Waals surface area (Å²) in [5.41, 5.74) is 8.91. The zero-order valence-electron chi connectivity index (χ0n) is 11.1. The third kappa shape index (κ3) is 3.21. The Hall–Kier alpha value is -1.12. The van der Waals surface area contributed by atoms with Gasteiger partial charge in [0, 0.05) is 9.75 Å². The monoisotopic (exact) mass is 259 g/mol. The molecule has 0 saturated carbocycles. The van der Waals surface area contributed by atoms with Gasteiger partial charge in [-0.3, -0.25) is 0 Å². The lowest BCUT2D eigenvalue weighted by Crippen LogP contribution is -2.10. The topological polar surface area (TPSA) is 26.0 Å². The smallest absolute Gasteiger partial charge is 0.0646 e. The van der Waals surface area contributed by atoms with Gasteiger partial charge in [-0.05, 0) is 43.0 Å². The van der Waals surface area contributed by atoms with E-state index in [4.69, 9.17) is 5.73 Å². The van der Waals surface area contributed by atoms with Gasteiger partial charge >= 0.3 is 0 Å². The molecule has 0 saturated heterocycles. The third-order valence-electron chi connectivity index (χ3n) is 3.23. The molecule has 0 amide bonds. The Morgan fingerprint density at radius 2 is 1.83 bits per heavy atom. The predicted octanol–water partition coefficient (Wildman–Crippen LogP) is 4.45. The Kier molecular flexibility index (Phi) is 4.56. The summed E-state index contributed by atoms with van der Waals surface area (Å²) >= 11 is 1.78. The van der Waals surface area contributed by atoms with Crippen molar-refractivity contribution in [2.45, 2.75) is 39.2 Å². The molecule has 0 aliphatic heterocycles. The van der Waals surface area contributed by atoms with E-state index in [0.29, 0.717) is 0 Å². The molecule has 2 rings (SSSR count). The minimum absolute atomic E-state index is 0.0175. The first-order chi connectivity index (χ1) is 8.70. The lowest BCUT2D eigenvalue weighted by atomic mass is 10.0. The Balaban J connectivity index is 2.09. The second-order valence-corrected chi connectivity index (χ2v) is 6.09. The van der Waals surface area contributed by atoms with Crippen LogP contribution in [0.5, 0.6) is 0 Å². The summed E-state index contributed by atoms with van der Waals surface area (Å²) in [6, 6.07) is 13.1. The fourth-order valence-corrected chi connectivity index (χ4v) is 2.96. The number of hydrogen-bond acceptors (Lipinski definition) is 2. The van der Waals surface area contributed by atoms with E-state index in [-0.39, 0.29) is 6.04 Å². The fraction of sp³-hybridized carbons (Fsp3) is 0.375. The molecule has 1 heterocycles. The molecule has 1 nitrogen and oxygen atoms in total. The van der Waals surface area contributed by atoms with Crippen LogP contribution < -0.4 is 5.73 Å². The van der Waals surface area contributed by atoms with Crippen molar-refractivity contribution in [3.63, 3.8) is 0 Å². The van der Waals surface area contributed by atoms with Crippen molar-refractivity contribution >= 4 is 11.3 Å². The van der Waals surface area contributed by atoms with E-state index in [1.165, 1.54) is 40.1 Å². The highest BCUT2D eigenvalue weighted by Gasteiger charge is 2.10. The van der Waals surface area contributed by atoms with Gasteiger partial charge in [0.25, 0.3) is 0 Å². The summed E-state index contributed by atoms with van der Waals surface area (Å²) in [4.78, 5) is 2.56. The Morgan fingerprint density at radius 1 is 1.11 bits per heavy atom. The minimum atomic E-state index is 0.0175. The molecule has 96 valence electrons. The molecule has 18 heavy (non-hydrogen) atoms. The number of thiophene rings is 1. The van der Waals surface area contributed by atoms with Crippen molar-refractivity contribution in [3.05, 3.63) is 57.3 Å². The first kappa shape index (κ1) is 13.3. The van der Waals surface area contributed by atoms with Gasteiger partial charge in [0.1, 0.15) is 0 Å². The fourth-order valence-electron chi connectivity index (χ4n) is 2.06. The van der Waals surface area contributed by atoms with E-state index in [0.717, 1.165) is 0 Å². The molecule has 2 aromatic rings. The van der Waals surface area contributed by atoms with E-state index in [2.05, 4.69) is 50.2 Å². The maximum absolute atomic E-state index is 6.29. The number of aryl methyl sites for hydroxylation is 2. The molecule has 1 aromatic carbocycles. The van der Waals surface area contributed by atoms with Gasteiger partial charge in [0.05, 0.1) is 6.04 Å². The summed E-state index contributed by atoms with van der Waals surface area (Å²) in [7, 11) is 0. The molecule has 0 fully saturated rings. The third-order valence-corrected chi connectivity index (χ3v) is 4.31. The van der Waals surface area contributed by atoms with Gasteiger partial charge in [-0.2, -0.15) is 0 Å². The van der Waals surface area contributed by atoms with Gasteiger partial charge in [0.15, 0.2) is 0 Å². The molecule has 1 aromatic heterocycles. The molecule has 1 atom stereocenters. The second kappa shape index (κ2) is 6.17. The van der Waals surface area contributed by atoms with Crippen LogP contribution >= 0.6 is 11.3 Å². The number of rotatable bonds is 5. The van der Waals surface area contributed by atoms with Crippen LogP contribution in [-0.2, 0) is 6.42 Å². The zero-order chi connectivity index (χ0) is 13.0. The molecule has 0 radical (unpaired) electrons. The minimum Gasteiger partial charge on any atom is -0.320 e. The van der Waals surface area contributed by atoms with Crippen LogP contribution in [0.4, 0.5) is 0 Å². The van der Waals surface area contributed by atoms with Gasteiger partial charge in [-0.25, -0.2) is 0 Å². The molecule has 2 heteroatoms. The van der Waals surface area contributed by atoms with Crippen molar-refractivity contribution in [3.8, 4) is 0 Å². The zero-order valence-corrected chi connectivity index (χ0v) is 12.0. The van der Waals surface area contributed by atoms with E-state index in [1.807, 2.05) is 0 Å². The van der Waals surface area contributed by atoms with Crippen molar-refractivity contribution in [2.24, 2.45) is 5.73 Å². The van der Waals surface area contributed by atoms with Crippen LogP contribution in [0.25, 0.3) is 0 Å². The summed E-state index contributed by atoms with van der Waals surface area (Å²) in [6.45, 7) is 4.35. The van der Waals surface area contributed by atoms with E-state index in [9.17, 15) is 0 Å². The Labute approximate surface area is 114 Å². The van der Waals surface area contributed by atoms with Crippen LogP contribution in [0.15, 0.2) is 36.4 Å².